The van der Waals surface area contributed by atoms with E-state index in [1.807, 2.05) is 44.2 Å². The third kappa shape index (κ3) is 6.56. The van der Waals surface area contributed by atoms with Gasteiger partial charge in [-0.05, 0) is 79.2 Å². The molecule has 1 fully saturated rings. The van der Waals surface area contributed by atoms with E-state index in [0.717, 1.165) is 52.4 Å². The molecular weight excluding hydrogens is 510 g/mol. The van der Waals surface area contributed by atoms with Gasteiger partial charge in [-0.3, -0.25) is 0 Å². The topological polar surface area (TPSA) is 62.3 Å². The summed E-state index contributed by atoms with van der Waals surface area (Å²) in [5.41, 5.74) is 1.17. The number of hydrogen-bond donors (Lipinski definition) is 2. The lowest BCUT2D eigenvalue weighted by molar-refractivity contribution is 0.318. The summed E-state index contributed by atoms with van der Waals surface area (Å²) in [5, 5.41) is 7.15. The van der Waals surface area contributed by atoms with Crippen molar-refractivity contribution in [1.82, 2.24) is 15.3 Å². The molecule has 2 aromatic rings. The van der Waals surface area contributed by atoms with Gasteiger partial charge in [0.15, 0.2) is 0 Å². The number of aromatic nitrogens is 2. The fraction of sp³-hybridized carbons (Fsp3) is 0.545. The van der Waals surface area contributed by atoms with Crippen LogP contribution in [0.25, 0.3) is 0 Å². The Bertz CT molecular complexity index is 825. The molecule has 0 unspecified atom stereocenters. The molecule has 0 saturated heterocycles. The quantitative estimate of drug-likeness (QED) is 0.454. The number of rotatable bonds is 9. The van der Waals surface area contributed by atoms with Crippen LogP contribution in [0.1, 0.15) is 38.2 Å². The van der Waals surface area contributed by atoms with Gasteiger partial charge in [-0.2, -0.15) is 4.98 Å². The standard InChI is InChI=1S/C22H31Br2N5O/c1-4-30-21-16(11-17(23)12-19(21)24)14-25-13-15-5-7-18(8-6-15)27-22-26-10-9-20(28-22)29(2)3/h9-12,15,18,25H,4-8,13-14H2,1-3H3,(H,26,27,28)/t15-,18+. The van der Waals surface area contributed by atoms with Gasteiger partial charge >= 0.3 is 0 Å². The number of nitrogens with one attached hydrogen (secondary N) is 2. The van der Waals surface area contributed by atoms with Crippen molar-refractivity contribution < 1.29 is 4.74 Å². The molecule has 2 N–H and O–H groups in total. The normalized spacial score (nSPS) is 18.8. The van der Waals surface area contributed by atoms with Gasteiger partial charge in [0, 0.05) is 42.9 Å². The zero-order valence-electron chi connectivity index (χ0n) is 17.9. The molecule has 1 aliphatic carbocycles. The molecule has 164 valence electrons. The smallest absolute Gasteiger partial charge is 0.224 e. The van der Waals surface area contributed by atoms with Crippen LogP contribution in [0.3, 0.4) is 0 Å². The molecule has 0 bridgehead atoms. The van der Waals surface area contributed by atoms with Crippen molar-refractivity contribution in [3.63, 3.8) is 0 Å². The third-order valence-electron chi connectivity index (χ3n) is 5.40. The van der Waals surface area contributed by atoms with E-state index in [9.17, 15) is 0 Å². The van der Waals surface area contributed by atoms with Gasteiger partial charge < -0.3 is 20.3 Å². The van der Waals surface area contributed by atoms with E-state index in [2.05, 4.69) is 58.5 Å². The Morgan fingerprint density at radius 1 is 1.17 bits per heavy atom. The van der Waals surface area contributed by atoms with E-state index >= 15 is 0 Å². The largest absolute Gasteiger partial charge is 0.492 e. The predicted octanol–water partition coefficient (Wildman–Crippen LogP) is 5.23. The molecule has 1 saturated carbocycles. The van der Waals surface area contributed by atoms with Crippen LogP contribution in [0.5, 0.6) is 5.75 Å². The summed E-state index contributed by atoms with van der Waals surface area (Å²) in [5.74, 6) is 3.28. The first kappa shape index (κ1) is 23.3. The minimum Gasteiger partial charge on any atom is -0.492 e. The molecule has 6 nitrogen and oxygen atoms in total. The summed E-state index contributed by atoms with van der Waals surface area (Å²) < 4.78 is 7.87. The van der Waals surface area contributed by atoms with E-state index in [1.165, 1.54) is 18.4 Å². The van der Waals surface area contributed by atoms with Crippen molar-refractivity contribution in [2.45, 2.75) is 45.2 Å². The van der Waals surface area contributed by atoms with Crippen LogP contribution >= 0.6 is 31.9 Å². The maximum atomic E-state index is 5.83. The van der Waals surface area contributed by atoms with E-state index in [0.29, 0.717) is 18.6 Å². The number of anilines is 2. The average molecular weight is 541 g/mol. The second-order valence-corrected chi connectivity index (χ2v) is 9.70. The molecule has 1 aromatic heterocycles. The van der Waals surface area contributed by atoms with Crippen molar-refractivity contribution in [2.24, 2.45) is 5.92 Å². The SMILES string of the molecule is CCOc1c(Br)cc(Br)cc1CNC[C@H]1CC[C@@H](Nc2nccc(N(C)C)n2)CC1. The Labute approximate surface area is 196 Å². The van der Waals surface area contributed by atoms with Gasteiger partial charge in [0.2, 0.25) is 5.95 Å². The van der Waals surface area contributed by atoms with Gasteiger partial charge in [0.05, 0.1) is 11.1 Å². The van der Waals surface area contributed by atoms with Gasteiger partial charge in [0.1, 0.15) is 11.6 Å². The summed E-state index contributed by atoms with van der Waals surface area (Å²) in [4.78, 5) is 10.9. The van der Waals surface area contributed by atoms with Crippen LogP contribution in [-0.2, 0) is 6.54 Å². The van der Waals surface area contributed by atoms with Crippen LogP contribution in [0.15, 0.2) is 33.3 Å². The molecule has 0 amide bonds. The van der Waals surface area contributed by atoms with Crippen molar-refractivity contribution in [3.05, 3.63) is 38.9 Å². The highest BCUT2D eigenvalue weighted by Crippen LogP contribution is 2.33. The van der Waals surface area contributed by atoms with E-state index < -0.39 is 0 Å². The second-order valence-electron chi connectivity index (χ2n) is 7.93. The van der Waals surface area contributed by atoms with E-state index in [1.54, 1.807) is 0 Å². The summed E-state index contributed by atoms with van der Waals surface area (Å²) >= 11 is 7.19. The Balaban J connectivity index is 1.45. The van der Waals surface area contributed by atoms with Crippen LogP contribution in [0.4, 0.5) is 11.8 Å². The highest BCUT2D eigenvalue weighted by Gasteiger charge is 2.22. The molecule has 0 atom stereocenters. The molecule has 30 heavy (non-hydrogen) atoms. The number of ether oxygens (including phenoxy) is 1. The summed E-state index contributed by atoms with van der Waals surface area (Å²) in [6.07, 6.45) is 6.52. The molecule has 0 aliphatic heterocycles. The summed E-state index contributed by atoms with van der Waals surface area (Å²) in [6, 6.07) is 6.53. The average Bonchev–Trinajstić information content (AvgIpc) is 2.72. The lowest BCUT2D eigenvalue weighted by Crippen LogP contribution is -2.31. The van der Waals surface area contributed by atoms with Gasteiger partial charge in [-0.25, -0.2) is 4.98 Å². The maximum Gasteiger partial charge on any atom is 0.224 e. The Hall–Kier alpha value is -1.38. The Morgan fingerprint density at radius 2 is 1.93 bits per heavy atom. The molecular formula is C22H31Br2N5O. The van der Waals surface area contributed by atoms with Crippen LogP contribution in [-0.4, -0.2) is 43.3 Å². The van der Waals surface area contributed by atoms with E-state index in [4.69, 9.17) is 4.74 Å². The molecule has 3 rings (SSSR count). The number of halogens is 2. The zero-order chi connectivity index (χ0) is 21.5. The molecule has 1 aliphatic rings. The second kappa shape index (κ2) is 11.3. The van der Waals surface area contributed by atoms with Crippen molar-refractivity contribution in [3.8, 4) is 5.75 Å². The predicted molar refractivity (Wildman–Crippen MR) is 130 cm³/mol. The van der Waals surface area contributed by atoms with Crippen LogP contribution in [0, 0.1) is 5.92 Å². The number of hydrogen-bond acceptors (Lipinski definition) is 6. The summed E-state index contributed by atoms with van der Waals surface area (Å²) in [6.45, 7) is 4.50. The molecule has 0 radical (unpaired) electrons. The Kier molecular flexibility index (Phi) is 8.77. The van der Waals surface area contributed by atoms with Crippen LogP contribution in [0.2, 0.25) is 0 Å². The summed E-state index contributed by atoms with van der Waals surface area (Å²) in [7, 11) is 3.99. The van der Waals surface area contributed by atoms with Gasteiger partial charge in [-0.1, -0.05) is 15.9 Å². The fourth-order valence-corrected chi connectivity index (χ4v) is 5.25. The van der Waals surface area contributed by atoms with E-state index in [-0.39, 0.29) is 0 Å². The van der Waals surface area contributed by atoms with Gasteiger partial charge in [0.25, 0.3) is 0 Å². The Morgan fingerprint density at radius 3 is 2.63 bits per heavy atom. The van der Waals surface area contributed by atoms with Crippen LogP contribution < -0.4 is 20.3 Å². The van der Waals surface area contributed by atoms with Gasteiger partial charge in [-0.15, -0.1) is 0 Å². The lowest BCUT2D eigenvalue weighted by Gasteiger charge is -2.29. The van der Waals surface area contributed by atoms with Crippen molar-refractivity contribution in [2.75, 3.05) is 37.5 Å². The molecule has 1 aromatic carbocycles. The minimum atomic E-state index is 0.448. The molecule has 1 heterocycles. The fourth-order valence-electron chi connectivity index (χ4n) is 3.82. The first-order valence-electron chi connectivity index (χ1n) is 10.5. The van der Waals surface area contributed by atoms with Crippen molar-refractivity contribution >= 4 is 43.6 Å². The molecule has 8 heteroatoms. The highest BCUT2D eigenvalue weighted by atomic mass is 79.9. The first-order valence-corrected chi connectivity index (χ1v) is 12.1. The molecule has 0 spiro atoms. The number of nitrogens with zero attached hydrogens (tertiary/aromatic N) is 3. The zero-order valence-corrected chi connectivity index (χ0v) is 21.1. The number of benzene rings is 1. The monoisotopic (exact) mass is 539 g/mol. The first-order chi connectivity index (χ1) is 14.5. The third-order valence-corrected chi connectivity index (χ3v) is 6.45. The maximum absolute atomic E-state index is 5.83. The van der Waals surface area contributed by atoms with Crippen molar-refractivity contribution in [1.29, 1.82) is 0 Å². The minimum absolute atomic E-state index is 0.448. The lowest BCUT2D eigenvalue weighted by atomic mass is 9.86. The highest BCUT2D eigenvalue weighted by molar-refractivity contribution is 9.11.